The van der Waals surface area contributed by atoms with Crippen LogP contribution in [0.2, 0.25) is 0 Å². The number of aliphatic hydroxyl groups is 1. The maximum absolute atomic E-state index is 12.3. The molecule has 7 atom stereocenters. The van der Waals surface area contributed by atoms with Crippen LogP contribution in [0, 0.1) is 78.6 Å². The molecule has 3 saturated carbocycles. The SMILES string of the molecule is CC(=O)[C@@]1(O)CCC2C3CC(C)C4=CC(=O)CC[C@]4(C)C3CC[C@@]21C.[Ac]. The molecule has 3 nitrogen and oxygen atoms in total. The van der Waals surface area contributed by atoms with Crippen LogP contribution in [-0.4, -0.2) is 22.3 Å². The molecule has 0 aliphatic heterocycles. The van der Waals surface area contributed by atoms with Gasteiger partial charge in [0, 0.05) is 55.9 Å². The Hall–Kier alpha value is 0.482. The fourth-order valence-electron chi connectivity index (χ4n) is 7.58. The second-order valence-corrected chi connectivity index (χ2v) is 9.91. The van der Waals surface area contributed by atoms with E-state index in [1.807, 2.05) is 6.08 Å². The van der Waals surface area contributed by atoms with Gasteiger partial charge in [0.25, 0.3) is 0 Å². The Kier molecular flexibility index (Phi) is 5.52. The minimum absolute atomic E-state index is 0. The molecule has 0 bridgehead atoms. The van der Waals surface area contributed by atoms with Crippen LogP contribution >= 0.6 is 0 Å². The zero-order valence-electron chi connectivity index (χ0n) is 16.7. The monoisotopic (exact) mass is 571 g/mol. The molecule has 0 heterocycles. The summed E-state index contributed by atoms with van der Waals surface area (Å²) in [6.07, 6.45) is 8.31. The molecular formula is C22H32AcO3. The Morgan fingerprint density at radius 2 is 1.81 bits per heavy atom. The molecule has 26 heavy (non-hydrogen) atoms. The number of carbonyl (C=O) groups is 2. The van der Waals surface area contributed by atoms with Gasteiger partial charge in [0.05, 0.1) is 0 Å². The van der Waals surface area contributed by atoms with Crippen molar-refractivity contribution in [2.24, 2.45) is 34.5 Å². The topological polar surface area (TPSA) is 54.4 Å². The summed E-state index contributed by atoms with van der Waals surface area (Å²) in [7, 11) is 0. The van der Waals surface area contributed by atoms with Crippen molar-refractivity contribution in [1.82, 2.24) is 0 Å². The van der Waals surface area contributed by atoms with Crippen molar-refractivity contribution >= 4 is 11.6 Å². The number of carbonyl (C=O) groups excluding carboxylic acids is 2. The molecule has 0 aromatic rings. The summed E-state index contributed by atoms with van der Waals surface area (Å²) in [5, 5.41) is 11.2. The van der Waals surface area contributed by atoms with Crippen molar-refractivity contribution in [1.29, 1.82) is 0 Å². The summed E-state index contributed by atoms with van der Waals surface area (Å²) in [5.74, 6) is 2.27. The molecule has 0 aromatic heterocycles. The minimum atomic E-state index is -1.13. The molecule has 141 valence electrons. The van der Waals surface area contributed by atoms with Crippen molar-refractivity contribution in [2.45, 2.75) is 78.2 Å². The van der Waals surface area contributed by atoms with Gasteiger partial charge in [0.2, 0.25) is 0 Å². The average molecular weight is 571 g/mol. The predicted molar refractivity (Wildman–Crippen MR) is 96.9 cm³/mol. The first-order chi connectivity index (χ1) is 11.6. The van der Waals surface area contributed by atoms with Gasteiger partial charge in [0.1, 0.15) is 5.60 Å². The van der Waals surface area contributed by atoms with Gasteiger partial charge in [0.15, 0.2) is 11.6 Å². The van der Waals surface area contributed by atoms with Gasteiger partial charge < -0.3 is 5.11 Å². The summed E-state index contributed by atoms with van der Waals surface area (Å²) < 4.78 is 0. The average Bonchev–Trinajstić information content (AvgIpc) is 2.83. The predicted octanol–water partition coefficient (Wildman–Crippen LogP) is 4.08. The van der Waals surface area contributed by atoms with Crippen LogP contribution in [0.3, 0.4) is 0 Å². The summed E-state index contributed by atoms with van der Waals surface area (Å²) in [6.45, 7) is 8.40. The van der Waals surface area contributed by atoms with Crippen LogP contribution in [-0.2, 0) is 9.59 Å². The largest absolute Gasteiger partial charge is 0.382 e. The number of Topliss-reactive ketones (excluding diaryl/α,β-unsaturated/α-hetero) is 1. The first-order valence-electron chi connectivity index (χ1n) is 10.1. The van der Waals surface area contributed by atoms with E-state index in [9.17, 15) is 14.7 Å². The molecule has 0 saturated heterocycles. The summed E-state index contributed by atoms with van der Waals surface area (Å²) in [6, 6.07) is 0. The van der Waals surface area contributed by atoms with E-state index in [1.165, 1.54) is 5.57 Å². The fraction of sp³-hybridized carbons (Fsp3) is 0.818. The number of hydrogen-bond acceptors (Lipinski definition) is 3. The van der Waals surface area contributed by atoms with Crippen LogP contribution in [0.15, 0.2) is 11.6 Å². The molecule has 4 aliphatic carbocycles. The Bertz CT molecular complexity index is 670. The maximum atomic E-state index is 12.3. The standard InChI is InChI=1S/C22H32O3.Ac/c1-13-11-16-17(20(3)8-5-15(24)12-19(13)20)6-9-21(4)18(16)7-10-22(21,25)14(2)23;/h12-13,16-18,25H,5-11H2,1-4H3;/t13?,16?,17?,18?,20-,21+,22+;/m1./s1. The Labute approximate surface area is 193 Å². The van der Waals surface area contributed by atoms with Gasteiger partial charge >= 0.3 is 0 Å². The van der Waals surface area contributed by atoms with Crippen molar-refractivity contribution in [3.63, 3.8) is 0 Å². The molecule has 0 amide bonds. The van der Waals surface area contributed by atoms with E-state index in [0.29, 0.717) is 42.3 Å². The van der Waals surface area contributed by atoms with E-state index in [0.717, 1.165) is 32.1 Å². The Balaban J connectivity index is 0.00000196. The molecule has 3 fully saturated rings. The molecule has 4 rings (SSSR count). The number of allylic oxidation sites excluding steroid dienone is 1. The van der Waals surface area contributed by atoms with E-state index in [-0.39, 0.29) is 60.7 Å². The van der Waals surface area contributed by atoms with Gasteiger partial charge in [-0.05, 0) is 80.6 Å². The zero-order valence-corrected chi connectivity index (χ0v) is 21.4. The number of ketones is 2. The smallest absolute Gasteiger partial charge is 0.161 e. The third-order valence-corrected chi connectivity index (χ3v) is 9.01. The molecule has 0 aromatic carbocycles. The fourth-order valence-corrected chi connectivity index (χ4v) is 7.58. The Morgan fingerprint density at radius 3 is 2.46 bits per heavy atom. The third kappa shape index (κ3) is 2.64. The van der Waals surface area contributed by atoms with Crippen LogP contribution in [0.25, 0.3) is 0 Å². The maximum Gasteiger partial charge on any atom is 0.161 e. The molecular weight excluding hydrogens is 539 g/mol. The summed E-state index contributed by atoms with van der Waals surface area (Å²) in [5.41, 5.74) is 0.107. The second-order valence-electron chi connectivity index (χ2n) is 9.91. The quantitative estimate of drug-likeness (QED) is 0.516. The zero-order chi connectivity index (χ0) is 18.2. The molecule has 4 heteroatoms. The molecule has 4 aliphatic rings. The van der Waals surface area contributed by atoms with Crippen molar-refractivity contribution < 1.29 is 58.8 Å². The summed E-state index contributed by atoms with van der Waals surface area (Å²) in [4.78, 5) is 24.3. The first-order valence-corrected chi connectivity index (χ1v) is 10.1. The van der Waals surface area contributed by atoms with Gasteiger partial charge in [-0.25, -0.2) is 0 Å². The summed E-state index contributed by atoms with van der Waals surface area (Å²) >= 11 is 0. The first kappa shape index (κ1) is 21.2. The van der Waals surface area contributed by atoms with Gasteiger partial charge in [-0.3, -0.25) is 9.59 Å². The molecule has 1 radical (unpaired) electrons. The number of hydrogen-bond donors (Lipinski definition) is 1. The molecule has 0 spiro atoms. The van der Waals surface area contributed by atoms with Crippen molar-refractivity contribution in [3.8, 4) is 0 Å². The van der Waals surface area contributed by atoms with Crippen molar-refractivity contribution in [2.75, 3.05) is 0 Å². The van der Waals surface area contributed by atoms with Gasteiger partial charge in [-0.2, -0.15) is 0 Å². The van der Waals surface area contributed by atoms with Crippen LogP contribution in [0.1, 0.15) is 72.6 Å². The number of fused-ring (bicyclic) bond motifs is 5. The van der Waals surface area contributed by atoms with Gasteiger partial charge in [-0.1, -0.05) is 26.3 Å². The van der Waals surface area contributed by atoms with E-state index >= 15 is 0 Å². The molecule has 1 N–H and O–H groups in total. The van der Waals surface area contributed by atoms with Crippen LogP contribution in [0.4, 0.5) is 0 Å². The minimum Gasteiger partial charge on any atom is -0.382 e. The van der Waals surface area contributed by atoms with E-state index < -0.39 is 5.60 Å². The Morgan fingerprint density at radius 1 is 1.15 bits per heavy atom. The van der Waals surface area contributed by atoms with Crippen molar-refractivity contribution in [3.05, 3.63) is 11.6 Å². The van der Waals surface area contributed by atoms with Gasteiger partial charge in [-0.15, -0.1) is 0 Å². The van der Waals surface area contributed by atoms with E-state index in [4.69, 9.17) is 0 Å². The number of rotatable bonds is 1. The normalized spacial score (nSPS) is 50.0. The molecule has 4 unspecified atom stereocenters. The van der Waals surface area contributed by atoms with E-state index in [1.54, 1.807) is 6.92 Å². The second kappa shape index (κ2) is 6.77. The van der Waals surface area contributed by atoms with E-state index in [2.05, 4.69) is 20.8 Å². The third-order valence-electron chi connectivity index (χ3n) is 9.01. The van der Waals surface area contributed by atoms with Crippen LogP contribution in [0.5, 0.6) is 0 Å². The van der Waals surface area contributed by atoms with Crippen LogP contribution < -0.4 is 0 Å².